The molecule has 0 atom stereocenters. The van der Waals surface area contributed by atoms with Crippen molar-refractivity contribution in [2.45, 2.75) is 41.5 Å². The molecule has 0 aliphatic carbocycles. The van der Waals surface area contributed by atoms with E-state index in [1.807, 2.05) is 39.8 Å². The third-order valence-corrected chi connectivity index (χ3v) is 4.98. The minimum atomic E-state index is -1.11. The number of carboxylic acids is 2. The van der Waals surface area contributed by atoms with Gasteiger partial charge in [0.15, 0.2) is 0 Å². The SMILES string of the molecule is CCOC(=O)c1cc(C)ccc1OCC.CCOc1ccc(C)cc1C(=O)O.Cc1ccc(O)c(C(=O)O)c1. The topological polar surface area (TPSA) is 140 Å². The normalized spacial score (nSPS) is 9.69. The molecule has 0 spiro atoms. The lowest BCUT2D eigenvalue weighted by atomic mass is 10.1. The molecule has 9 heteroatoms. The number of carbonyl (C=O) groups excluding carboxylic acids is 1. The maximum Gasteiger partial charge on any atom is 0.341 e. The average Bonchev–Trinajstić information content (AvgIpc) is 2.88. The van der Waals surface area contributed by atoms with E-state index in [9.17, 15) is 14.4 Å². The lowest BCUT2D eigenvalue weighted by Gasteiger charge is -2.09. The molecule has 0 radical (unpaired) electrons. The number of hydrogen-bond acceptors (Lipinski definition) is 7. The summed E-state index contributed by atoms with van der Waals surface area (Å²) in [7, 11) is 0. The van der Waals surface area contributed by atoms with Crippen molar-refractivity contribution in [2.24, 2.45) is 0 Å². The fraction of sp³-hybridized carbons (Fsp3) is 0.300. The lowest BCUT2D eigenvalue weighted by molar-refractivity contribution is 0.0520. The van der Waals surface area contributed by atoms with Gasteiger partial charge in [-0.05, 0) is 77.9 Å². The molecule has 0 unspecified atom stereocenters. The van der Waals surface area contributed by atoms with Crippen LogP contribution in [0.15, 0.2) is 54.6 Å². The molecule has 0 aromatic heterocycles. The van der Waals surface area contributed by atoms with Gasteiger partial charge in [-0.3, -0.25) is 0 Å². The molecule has 0 heterocycles. The first-order chi connectivity index (χ1) is 18.4. The van der Waals surface area contributed by atoms with E-state index in [2.05, 4.69) is 0 Å². The summed E-state index contributed by atoms with van der Waals surface area (Å²) in [6.45, 7) is 12.4. The van der Waals surface area contributed by atoms with Crippen molar-refractivity contribution in [3.63, 3.8) is 0 Å². The van der Waals surface area contributed by atoms with Gasteiger partial charge in [-0.2, -0.15) is 0 Å². The standard InChI is InChI=1S/C12H16O3.C10H12O3.C8H8O3/c1-4-14-11-7-6-9(3)8-10(11)12(13)15-5-2;1-3-13-9-5-4-7(2)6-8(9)10(11)12;1-5-2-3-7(9)6(4-5)8(10)11/h6-8H,4-5H2,1-3H3;4-6H,3H2,1-2H3,(H,11,12);2-4,9H,1H3,(H,10,11). The van der Waals surface area contributed by atoms with Crippen LogP contribution in [0.4, 0.5) is 0 Å². The molecule has 210 valence electrons. The minimum Gasteiger partial charge on any atom is -0.507 e. The van der Waals surface area contributed by atoms with Crippen LogP contribution in [0, 0.1) is 20.8 Å². The number of ether oxygens (including phenoxy) is 3. The molecule has 0 saturated heterocycles. The zero-order valence-corrected chi connectivity index (χ0v) is 23.1. The first-order valence-corrected chi connectivity index (χ1v) is 12.3. The number of phenols is 1. The number of benzene rings is 3. The van der Waals surface area contributed by atoms with Crippen LogP contribution in [-0.2, 0) is 4.74 Å². The Morgan fingerprint density at radius 2 is 1.03 bits per heavy atom. The number of hydrogen-bond donors (Lipinski definition) is 3. The molecule has 3 rings (SSSR count). The molecule has 0 aliphatic rings. The van der Waals surface area contributed by atoms with Gasteiger partial charge < -0.3 is 29.5 Å². The summed E-state index contributed by atoms with van der Waals surface area (Å²) in [5, 5.41) is 26.4. The summed E-state index contributed by atoms with van der Waals surface area (Å²) in [5.41, 5.74) is 3.42. The Hall–Kier alpha value is -4.53. The Morgan fingerprint density at radius 1 is 0.615 bits per heavy atom. The van der Waals surface area contributed by atoms with Gasteiger partial charge in [0.05, 0.1) is 19.8 Å². The number of aryl methyl sites for hydroxylation is 3. The van der Waals surface area contributed by atoms with E-state index in [-0.39, 0.29) is 22.8 Å². The number of carboxylic acid groups (broad SMARTS) is 2. The van der Waals surface area contributed by atoms with Crippen molar-refractivity contribution in [3.05, 3.63) is 88.0 Å². The van der Waals surface area contributed by atoms with Crippen molar-refractivity contribution in [2.75, 3.05) is 19.8 Å². The van der Waals surface area contributed by atoms with E-state index in [4.69, 9.17) is 29.5 Å². The molecule has 0 bridgehead atoms. The Morgan fingerprint density at radius 3 is 1.44 bits per heavy atom. The van der Waals surface area contributed by atoms with E-state index in [1.165, 1.54) is 12.1 Å². The third-order valence-electron chi connectivity index (χ3n) is 4.98. The second-order valence-electron chi connectivity index (χ2n) is 8.22. The highest BCUT2D eigenvalue weighted by atomic mass is 16.5. The quantitative estimate of drug-likeness (QED) is 0.291. The van der Waals surface area contributed by atoms with Crippen LogP contribution < -0.4 is 9.47 Å². The monoisotopic (exact) mass is 540 g/mol. The molecule has 3 aromatic rings. The highest BCUT2D eigenvalue weighted by Gasteiger charge is 2.13. The predicted molar refractivity (Wildman–Crippen MR) is 147 cm³/mol. The van der Waals surface area contributed by atoms with Crippen LogP contribution in [0.5, 0.6) is 17.2 Å². The molecule has 3 aromatic carbocycles. The second-order valence-corrected chi connectivity index (χ2v) is 8.22. The summed E-state index contributed by atoms with van der Waals surface area (Å²) < 4.78 is 15.5. The average molecular weight is 541 g/mol. The molecule has 0 amide bonds. The van der Waals surface area contributed by atoms with Crippen LogP contribution >= 0.6 is 0 Å². The summed E-state index contributed by atoms with van der Waals surface area (Å²) in [6, 6.07) is 15.1. The number of aromatic hydroxyl groups is 1. The molecule has 3 N–H and O–H groups in total. The number of rotatable bonds is 8. The maximum absolute atomic E-state index is 11.6. The van der Waals surface area contributed by atoms with Crippen molar-refractivity contribution >= 4 is 17.9 Å². The number of aromatic carboxylic acids is 2. The summed E-state index contributed by atoms with van der Waals surface area (Å²) in [6.07, 6.45) is 0. The molecule has 0 fully saturated rings. The van der Waals surface area contributed by atoms with Crippen molar-refractivity contribution in [1.82, 2.24) is 0 Å². The molecule has 9 nitrogen and oxygen atoms in total. The number of carbonyl (C=O) groups is 3. The summed E-state index contributed by atoms with van der Waals surface area (Å²) >= 11 is 0. The fourth-order valence-electron chi connectivity index (χ4n) is 3.21. The Bertz CT molecular complexity index is 1270. The third kappa shape index (κ3) is 10.8. The van der Waals surface area contributed by atoms with Gasteiger partial charge >= 0.3 is 17.9 Å². The van der Waals surface area contributed by atoms with Gasteiger partial charge in [0.2, 0.25) is 0 Å². The fourth-order valence-corrected chi connectivity index (χ4v) is 3.21. The largest absolute Gasteiger partial charge is 0.507 e. The smallest absolute Gasteiger partial charge is 0.341 e. The van der Waals surface area contributed by atoms with Gasteiger partial charge in [0, 0.05) is 0 Å². The molecular weight excluding hydrogens is 504 g/mol. The van der Waals surface area contributed by atoms with Crippen LogP contribution in [-0.4, -0.2) is 53.0 Å². The van der Waals surface area contributed by atoms with Crippen molar-refractivity contribution < 1.29 is 43.9 Å². The second kappa shape index (κ2) is 16.3. The van der Waals surface area contributed by atoms with Crippen molar-refractivity contribution in [1.29, 1.82) is 0 Å². The molecule has 0 saturated carbocycles. The molecular formula is C30H36O9. The zero-order chi connectivity index (χ0) is 29.5. The van der Waals surface area contributed by atoms with E-state index in [0.717, 1.165) is 16.7 Å². The Kier molecular flexibility index (Phi) is 13.6. The Labute approximate surface area is 228 Å². The lowest BCUT2D eigenvalue weighted by Crippen LogP contribution is -2.08. The van der Waals surface area contributed by atoms with Gasteiger partial charge in [-0.15, -0.1) is 0 Å². The van der Waals surface area contributed by atoms with Gasteiger partial charge in [0.25, 0.3) is 0 Å². The van der Waals surface area contributed by atoms with Crippen LogP contribution in [0.1, 0.15) is 68.5 Å². The molecule has 0 aliphatic heterocycles. The highest BCUT2D eigenvalue weighted by molar-refractivity contribution is 5.93. The Balaban J connectivity index is 0.000000296. The van der Waals surface area contributed by atoms with E-state index in [0.29, 0.717) is 36.9 Å². The zero-order valence-electron chi connectivity index (χ0n) is 23.1. The van der Waals surface area contributed by atoms with E-state index in [1.54, 1.807) is 44.2 Å². The number of esters is 1. The summed E-state index contributed by atoms with van der Waals surface area (Å²) in [4.78, 5) is 32.8. The maximum atomic E-state index is 11.6. The van der Waals surface area contributed by atoms with Crippen LogP contribution in [0.3, 0.4) is 0 Å². The van der Waals surface area contributed by atoms with Crippen LogP contribution in [0.25, 0.3) is 0 Å². The van der Waals surface area contributed by atoms with E-state index < -0.39 is 11.9 Å². The highest BCUT2D eigenvalue weighted by Crippen LogP contribution is 2.21. The first kappa shape index (κ1) is 32.5. The van der Waals surface area contributed by atoms with Crippen molar-refractivity contribution in [3.8, 4) is 17.2 Å². The summed E-state index contributed by atoms with van der Waals surface area (Å²) in [5.74, 6) is -1.56. The van der Waals surface area contributed by atoms with Gasteiger partial charge in [-0.1, -0.05) is 34.9 Å². The minimum absolute atomic E-state index is 0.0509. The predicted octanol–water partition coefficient (Wildman–Crippen LogP) is 6.06. The van der Waals surface area contributed by atoms with E-state index >= 15 is 0 Å². The van der Waals surface area contributed by atoms with Gasteiger partial charge in [0.1, 0.15) is 33.9 Å². The molecule has 39 heavy (non-hydrogen) atoms. The first-order valence-electron chi connectivity index (χ1n) is 12.3. The van der Waals surface area contributed by atoms with Gasteiger partial charge in [-0.25, -0.2) is 14.4 Å². The van der Waals surface area contributed by atoms with Crippen LogP contribution in [0.2, 0.25) is 0 Å².